The molecule has 14 heavy (non-hydrogen) atoms. The van der Waals surface area contributed by atoms with Crippen molar-refractivity contribution in [2.75, 3.05) is 0 Å². The van der Waals surface area contributed by atoms with Crippen molar-refractivity contribution >= 4 is 0 Å². The fourth-order valence-electron chi connectivity index (χ4n) is 1.22. The Morgan fingerprint density at radius 2 is 1.93 bits per heavy atom. The van der Waals surface area contributed by atoms with E-state index in [0.29, 0.717) is 0 Å². The number of nitrogens with zero attached hydrogens (tertiary/aromatic N) is 2. The first-order valence-corrected chi connectivity index (χ1v) is 4.91. The summed E-state index contributed by atoms with van der Waals surface area (Å²) < 4.78 is 1.50. The second kappa shape index (κ2) is 3.56. The van der Waals surface area contributed by atoms with Crippen LogP contribution in [0.25, 0.3) is 0 Å². The summed E-state index contributed by atoms with van der Waals surface area (Å²) in [5, 5.41) is 4.15. The van der Waals surface area contributed by atoms with Gasteiger partial charge < -0.3 is 0 Å². The SMILES string of the molecule is CC(C)n1ncc(C(C)(C)C)cc1=O. The molecule has 1 rings (SSSR count). The zero-order valence-electron chi connectivity index (χ0n) is 9.53. The van der Waals surface area contributed by atoms with Gasteiger partial charge in [-0.3, -0.25) is 4.79 Å². The second-order valence-electron chi connectivity index (χ2n) is 4.87. The highest BCUT2D eigenvalue weighted by molar-refractivity contribution is 5.16. The van der Waals surface area contributed by atoms with E-state index in [2.05, 4.69) is 25.9 Å². The van der Waals surface area contributed by atoms with Crippen molar-refractivity contribution < 1.29 is 0 Å². The van der Waals surface area contributed by atoms with Crippen LogP contribution in [0.15, 0.2) is 17.1 Å². The van der Waals surface area contributed by atoms with Crippen molar-refractivity contribution in [3.63, 3.8) is 0 Å². The molecule has 0 aliphatic carbocycles. The minimum absolute atomic E-state index is 0.0117. The third-order valence-corrected chi connectivity index (χ3v) is 2.18. The molecule has 0 saturated carbocycles. The topological polar surface area (TPSA) is 34.9 Å². The summed E-state index contributed by atoms with van der Waals surface area (Å²) in [7, 11) is 0. The summed E-state index contributed by atoms with van der Waals surface area (Å²) in [6.45, 7) is 10.1. The minimum atomic E-state index is -0.0209. The average Bonchev–Trinajstić information content (AvgIpc) is 2.01. The van der Waals surface area contributed by atoms with Crippen LogP contribution in [0.2, 0.25) is 0 Å². The standard InChI is InChI=1S/C11H18N2O/c1-8(2)13-10(14)6-9(7-12-13)11(3,4)5/h6-8H,1-5H3. The summed E-state index contributed by atoms with van der Waals surface area (Å²) in [4.78, 5) is 11.6. The third kappa shape index (κ3) is 2.22. The number of hydrogen-bond acceptors (Lipinski definition) is 2. The van der Waals surface area contributed by atoms with Gasteiger partial charge in [-0.1, -0.05) is 20.8 Å². The van der Waals surface area contributed by atoms with Gasteiger partial charge >= 0.3 is 0 Å². The van der Waals surface area contributed by atoms with Gasteiger partial charge in [0, 0.05) is 6.07 Å². The van der Waals surface area contributed by atoms with Crippen molar-refractivity contribution in [2.45, 2.75) is 46.1 Å². The minimum Gasteiger partial charge on any atom is -0.268 e. The van der Waals surface area contributed by atoms with Crippen LogP contribution in [-0.4, -0.2) is 9.78 Å². The van der Waals surface area contributed by atoms with Crippen LogP contribution in [0, 0.1) is 0 Å². The van der Waals surface area contributed by atoms with Crippen molar-refractivity contribution in [1.82, 2.24) is 9.78 Å². The van der Waals surface area contributed by atoms with E-state index in [1.165, 1.54) is 4.68 Å². The van der Waals surface area contributed by atoms with Gasteiger partial charge in [0.25, 0.3) is 5.56 Å². The predicted molar refractivity (Wildman–Crippen MR) is 57.6 cm³/mol. The Hall–Kier alpha value is -1.12. The normalized spacial score (nSPS) is 12.1. The molecule has 3 heteroatoms. The number of rotatable bonds is 1. The molecule has 0 amide bonds. The summed E-state index contributed by atoms with van der Waals surface area (Å²) in [5.74, 6) is 0. The van der Waals surface area contributed by atoms with E-state index in [9.17, 15) is 4.79 Å². The van der Waals surface area contributed by atoms with Gasteiger partial charge in [-0.15, -0.1) is 0 Å². The molecule has 0 bridgehead atoms. The van der Waals surface area contributed by atoms with E-state index in [1.807, 2.05) is 13.8 Å². The van der Waals surface area contributed by atoms with E-state index >= 15 is 0 Å². The molecule has 0 atom stereocenters. The molecule has 0 spiro atoms. The van der Waals surface area contributed by atoms with Crippen LogP contribution in [0.3, 0.4) is 0 Å². The van der Waals surface area contributed by atoms with E-state index in [4.69, 9.17) is 0 Å². The fourth-order valence-corrected chi connectivity index (χ4v) is 1.22. The van der Waals surface area contributed by atoms with Crippen molar-refractivity contribution in [3.05, 3.63) is 28.2 Å². The summed E-state index contributed by atoms with van der Waals surface area (Å²) in [6, 6.07) is 1.80. The molecule has 0 unspecified atom stereocenters. The Morgan fingerprint density at radius 3 is 2.29 bits per heavy atom. The maximum absolute atomic E-state index is 11.6. The van der Waals surface area contributed by atoms with Crippen LogP contribution in [0.4, 0.5) is 0 Å². The molecule has 78 valence electrons. The number of aromatic nitrogens is 2. The summed E-state index contributed by atoms with van der Waals surface area (Å²) >= 11 is 0. The molecule has 1 aromatic rings. The maximum atomic E-state index is 11.6. The van der Waals surface area contributed by atoms with Crippen LogP contribution in [-0.2, 0) is 5.41 Å². The van der Waals surface area contributed by atoms with E-state index in [0.717, 1.165) is 5.56 Å². The van der Waals surface area contributed by atoms with Crippen LogP contribution in [0.5, 0.6) is 0 Å². The van der Waals surface area contributed by atoms with Crippen LogP contribution >= 0.6 is 0 Å². The average molecular weight is 194 g/mol. The molecule has 1 heterocycles. The lowest BCUT2D eigenvalue weighted by atomic mass is 9.89. The number of hydrogen-bond donors (Lipinski definition) is 0. The zero-order valence-corrected chi connectivity index (χ0v) is 9.53. The molecule has 0 saturated heterocycles. The molecule has 3 nitrogen and oxygen atoms in total. The van der Waals surface area contributed by atoms with Crippen LogP contribution in [0.1, 0.15) is 46.2 Å². The van der Waals surface area contributed by atoms with Gasteiger partial charge in [0.1, 0.15) is 0 Å². The van der Waals surface area contributed by atoms with Crippen molar-refractivity contribution in [3.8, 4) is 0 Å². The smallest absolute Gasteiger partial charge is 0.267 e. The fraction of sp³-hybridized carbons (Fsp3) is 0.636. The lowest BCUT2D eigenvalue weighted by molar-refractivity contribution is 0.489. The molecular weight excluding hydrogens is 176 g/mol. The van der Waals surface area contributed by atoms with E-state index in [1.54, 1.807) is 12.3 Å². The first kappa shape index (κ1) is 11.0. The first-order valence-electron chi connectivity index (χ1n) is 4.91. The zero-order chi connectivity index (χ0) is 10.9. The summed E-state index contributed by atoms with van der Waals surface area (Å²) in [6.07, 6.45) is 1.78. The Kier molecular flexibility index (Phi) is 2.79. The Bertz CT molecular complexity index is 372. The molecule has 1 aromatic heterocycles. The highest BCUT2D eigenvalue weighted by atomic mass is 16.1. The lowest BCUT2D eigenvalue weighted by Gasteiger charge is -2.19. The van der Waals surface area contributed by atoms with Gasteiger partial charge in [0.15, 0.2) is 0 Å². The van der Waals surface area contributed by atoms with E-state index in [-0.39, 0.29) is 17.0 Å². The van der Waals surface area contributed by atoms with Gasteiger partial charge in [-0.25, -0.2) is 4.68 Å². The van der Waals surface area contributed by atoms with Gasteiger partial charge in [0.05, 0.1) is 12.2 Å². The predicted octanol–water partition coefficient (Wildman–Crippen LogP) is 2.12. The first-order chi connectivity index (χ1) is 6.32. The quantitative estimate of drug-likeness (QED) is 0.686. The Morgan fingerprint density at radius 1 is 1.36 bits per heavy atom. The van der Waals surface area contributed by atoms with Gasteiger partial charge in [0.2, 0.25) is 0 Å². The highest BCUT2D eigenvalue weighted by Crippen LogP contribution is 2.19. The van der Waals surface area contributed by atoms with Crippen LogP contribution < -0.4 is 5.56 Å². The highest BCUT2D eigenvalue weighted by Gasteiger charge is 2.15. The molecule has 0 aliphatic rings. The molecule has 0 N–H and O–H groups in total. The Balaban J connectivity index is 3.21. The van der Waals surface area contributed by atoms with E-state index < -0.39 is 0 Å². The summed E-state index contributed by atoms with van der Waals surface area (Å²) in [5.41, 5.74) is 0.953. The largest absolute Gasteiger partial charge is 0.268 e. The molecular formula is C11H18N2O. The molecule has 0 fully saturated rings. The third-order valence-electron chi connectivity index (χ3n) is 2.18. The Labute approximate surface area is 84.8 Å². The maximum Gasteiger partial charge on any atom is 0.267 e. The molecule has 0 aromatic carbocycles. The monoisotopic (exact) mass is 194 g/mol. The van der Waals surface area contributed by atoms with Crippen molar-refractivity contribution in [2.24, 2.45) is 0 Å². The van der Waals surface area contributed by atoms with Gasteiger partial charge in [-0.05, 0) is 24.8 Å². The second-order valence-corrected chi connectivity index (χ2v) is 4.87. The van der Waals surface area contributed by atoms with Crippen molar-refractivity contribution in [1.29, 1.82) is 0 Å². The molecule has 0 radical (unpaired) electrons. The van der Waals surface area contributed by atoms with Gasteiger partial charge in [-0.2, -0.15) is 5.10 Å². The molecule has 0 aliphatic heterocycles. The lowest BCUT2D eigenvalue weighted by Crippen LogP contribution is -2.26.